The molecule has 1 aromatic carbocycles. The molecule has 3 N–H and O–H groups in total. The zero-order valence-corrected chi connectivity index (χ0v) is 11.4. The summed E-state index contributed by atoms with van der Waals surface area (Å²) in [6.07, 6.45) is 0. The van der Waals surface area contributed by atoms with Crippen LogP contribution >= 0.6 is 23.3 Å². The fraction of sp³-hybridized carbons (Fsp3) is 0.455. The quantitative estimate of drug-likeness (QED) is 0.781. The fourth-order valence-corrected chi connectivity index (χ4v) is 2.22. The molecule has 0 unspecified atom stereocenters. The van der Waals surface area contributed by atoms with Gasteiger partial charge in [-0.05, 0) is 12.1 Å². The second kappa shape index (κ2) is 5.36. The molecule has 0 bridgehead atoms. The maximum absolute atomic E-state index is 9.25. The van der Waals surface area contributed by atoms with Gasteiger partial charge in [-0.1, -0.05) is 18.5 Å². The Balaban J connectivity index is 2.26. The third-order valence-electron chi connectivity index (χ3n) is 2.83. The lowest BCUT2D eigenvalue weighted by molar-refractivity contribution is 0.0807. The predicted molar refractivity (Wildman–Crippen MR) is 73.2 cm³/mol. The SMILES string of the molecule is CC(CO)(CO)CNc1c(Cl)ccc2nsnc12. The number of aromatic nitrogens is 2. The Labute approximate surface area is 114 Å². The van der Waals surface area contributed by atoms with Crippen LogP contribution < -0.4 is 5.32 Å². The fourth-order valence-electron chi connectivity index (χ4n) is 1.46. The van der Waals surface area contributed by atoms with E-state index in [1.165, 1.54) is 0 Å². The highest BCUT2D eigenvalue weighted by atomic mass is 35.5. The molecular formula is C11H14ClN3O2S. The standard InChI is InChI=1S/C11H14ClN3O2S/c1-11(5-16,6-17)4-13-9-7(12)2-3-8-10(9)15-18-14-8/h2-3,13,16-17H,4-6H2,1H3. The summed E-state index contributed by atoms with van der Waals surface area (Å²) >= 11 is 7.25. The summed E-state index contributed by atoms with van der Waals surface area (Å²) in [7, 11) is 0. The molecule has 98 valence electrons. The van der Waals surface area contributed by atoms with Crippen molar-refractivity contribution in [3.8, 4) is 0 Å². The normalized spacial score (nSPS) is 12.0. The predicted octanol–water partition coefficient (Wildman–Crippen LogP) is 1.75. The minimum absolute atomic E-state index is 0.112. The summed E-state index contributed by atoms with van der Waals surface area (Å²) in [6.45, 7) is 1.96. The first-order valence-corrected chi connectivity index (χ1v) is 6.57. The molecule has 0 radical (unpaired) electrons. The van der Waals surface area contributed by atoms with Crippen molar-refractivity contribution in [3.05, 3.63) is 17.2 Å². The number of nitrogens with one attached hydrogen (secondary N) is 1. The van der Waals surface area contributed by atoms with Gasteiger partial charge in [0.05, 0.1) is 35.7 Å². The van der Waals surface area contributed by atoms with E-state index in [0.717, 1.165) is 17.2 Å². The van der Waals surface area contributed by atoms with Crippen LogP contribution in [0.3, 0.4) is 0 Å². The first kappa shape index (κ1) is 13.5. The molecule has 0 fully saturated rings. The molecule has 7 heteroatoms. The maximum Gasteiger partial charge on any atom is 0.129 e. The van der Waals surface area contributed by atoms with Crippen LogP contribution in [0.15, 0.2) is 12.1 Å². The average molecular weight is 288 g/mol. The lowest BCUT2D eigenvalue weighted by atomic mass is 9.93. The number of benzene rings is 1. The molecule has 2 aromatic rings. The van der Waals surface area contributed by atoms with Crippen LogP contribution in [0.1, 0.15) is 6.92 Å². The number of rotatable bonds is 5. The van der Waals surface area contributed by atoms with Crippen molar-refractivity contribution in [2.75, 3.05) is 25.1 Å². The van der Waals surface area contributed by atoms with Gasteiger partial charge >= 0.3 is 0 Å². The molecule has 0 aliphatic heterocycles. The van der Waals surface area contributed by atoms with Crippen LogP contribution in [0.4, 0.5) is 5.69 Å². The van der Waals surface area contributed by atoms with Crippen molar-refractivity contribution in [1.29, 1.82) is 0 Å². The summed E-state index contributed by atoms with van der Waals surface area (Å²) in [6, 6.07) is 3.56. The molecule has 0 atom stereocenters. The largest absolute Gasteiger partial charge is 0.396 e. The second-order valence-corrected chi connectivity index (χ2v) is 5.47. The van der Waals surface area contributed by atoms with Gasteiger partial charge in [0, 0.05) is 12.0 Å². The lowest BCUT2D eigenvalue weighted by Gasteiger charge is -2.25. The van der Waals surface area contributed by atoms with Crippen molar-refractivity contribution in [2.24, 2.45) is 5.41 Å². The number of anilines is 1. The monoisotopic (exact) mass is 287 g/mol. The average Bonchev–Trinajstić information content (AvgIpc) is 2.85. The zero-order chi connectivity index (χ0) is 13.2. The number of aliphatic hydroxyl groups is 2. The van der Waals surface area contributed by atoms with Gasteiger partial charge in [0.25, 0.3) is 0 Å². The number of hydrogen-bond acceptors (Lipinski definition) is 6. The molecule has 0 amide bonds. The Morgan fingerprint density at radius 3 is 2.72 bits per heavy atom. The van der Waals surface area contributed by atoms with E-state index in [4.69, 9.17) is 11.6 Å². The van der Waals surface area contributed by atoms with Gasteiger partial charge < -0.3 is 15.5 Å². The number of fused-ring (bicyclic) bond motifs is 1. The van der Waals surface area contributed by atoms with Crippen LogP contribution in [0.2, 0.25) is 5.02 Å². The van der Waals surface area contributed by atoms with Crippen LogP contribution in [0.25, 0.3) is 11.0 Å². The summed E-state index contributed by atoms with van der Waals surface area (Å²) in [5, 5.41) is 22.2. The van der Waals surface area contributed by atoms with E-state index < -0.39 is 5.41 Å². The van der Waals surface area contributed by atoms with Crippen molar-refractivity contribution < 1.29 is 10.2 Å². The van der Waals surface area contributed by atoms with Crippen LogP contribution in [-0.4, -0.2) is 38.7 Å². The molecule has 2 rings (SSSR count). The molecule has 0 spiro atoms. The highest BCUT2D eigenvalue weighted by Gasteiger charge is 2.23. The van der Waals surface area contributed by atoms with Gasteiger partial charge in [-0.15, -0.1) is 0 Å². The summed E-state index contributed by atoms with van der Waals surface area (Å²) in [5.41, 5.74) is 1.58. The molecule has 0 saturated heterocycles. The Hall–Kier alpha value is -0.950. The molecule has 0 saturated carbocycles. The minimum atomic E-state index is -0.602. The molecule has 18 heavy (non-hydrogen) atoms. The highest BCUT2D eigenvalue weighted by Crippen LogP contribution is 2.30. The van der Waals surface area contributed by atoms with Crippen LogP contribution in [-0.2, 0) is 0 Å². The number of hydrogen-bond donors (Lipinski definition) is 3. The maximum atomic E-state index is 9.25. The van der Waals surface area contributed by atoms with E-state index in [9.17, 15) is 10.2 Å². The third kappa shape index (κ3) is 2.56. The van der Waals surface area contributed by atoms with Gasteiger partial charge in [-0.25, -0.2) is 0 Å². The van der Waals surface area contributed by atoms with Crippen molar-refractivity contribution in [1.82, 2.24) is 8.75 Å². The number of nitrogens with zero attached hydrogens (tertiary/aromatic N) is 2. The molecular weight excluding hydrogens is 274 g/mol. The lowest BCUT2D eigenvalue weighted by Crippen LogP contribution is -2.34. The van der Waals surface area contributed by atoms with Crippen molar-refractivity contribution in [2.45, 2.75) is 6.92 Å². The first-order chi connectivity index (χ1) is 8.59. The molecule has 1 heterocycles. The van der Waals surface area contributed by atoms with E-state index in [0.29, 0.717) is 22.8 Å². The number of aliphatic hydroxyl groups excluding tert-OH is 2. The van der Waals surface area contributed by atoms with Gasteiger partial charge in [0.1, 0.15) is 11.0 Å². The van der Waals surface area contributed by atoms with Crippen LogP contribution in [0, 0.1) is 5.41 Å². The summed E-state index contributed by atoms with van der Waals surface area (Å²) in [4.78, 5) is 0. The van der Waals surface area contributed by atoms with E-state index >= 15 is 0 Å². The smallest absolute Gasteiger partial charge is 0.129 e. The van der Waals surface area contributed by atoms with Crippen molar-refractivity contribution >= 4 is 40.0 Å². The zero-order valence-electron chi connectivity index (χ0n) is 9.85. The van der Waals surface area contributed by atoms with Gasteiger partial charge in [-0.2, -0.15) is 8.75 Å². The third-order valence-corrected chi connectivity index (χ3v) is 3.69. The summed E-state index contributed by atoms with van der Waals surface area (Å²) < 4.78 is 8.33. The van der Waals surface area contributed by atoms with Crippen LogP contribution in [0.5, 0.6) is 0 Å². The van der Waals surface area contributed by atoms with Gasteiger partial charge in [0.2, 0.25) is 0 Å². The van der Waals surface area contributed by atoms with Gasteiger partial charge in [0.15, 0.2) is 0 Å². The van der Waals surface area contributed by atoms with E-state index in [1.54, 1.807) is 13.0 Å². The van der Waals surface area contributed by atoms with E-state index in [1.807, 2.05) is 6.07 Å². The Kier molecular flexibility index (Phi) is 4.01. The first-order valence-electron chi connectivity index (χ1n) is 5.46. The molecule has 5 nitrogen and oxygen atoms in total. The van der Waals surface area contributed by atoms with Gasteiger partial charge in [-0.3, -0.25) is 0 Å². The topological polar surface area (TPSA) is 78.3 Å². The summed E-state index contributed by atoms with van der Waals surface area (Å²) in [5.74, 6) is 0. The minimum Gasteiger partial charge on any atom is -0.396 e. The highest BCUT2D eigenvalue weighted by molar-refractivity contribution is 7.00. The Bertz CT molecular complexity index is 542. The van der Waals surface area contributed by atoms with E-state index in [2.05, 4.69) is 14.1 Å². The molecule has 0 aliphatic carbocycles. The van der Waals surface area contributed by atoms with E-state index in [-0.39, 0.29) is 13.2 Å². The molecule has 0 aliphatic rings. The van der Waals surface area contributed by atoms with Crippen molar-refractivity contribution in [3.63, 3.8) is 0 Å². The Morgan fingerprint density at radius 1 is 1.33 bits per heavy atom. The molecule has 1 aromatic heterocycles. The Morgan fingerprint density at radius 2 is 2.06 bits per heavy atom. The second-order valence-electron chi connectivity index (χ2n) is 4.53. The number of halogens is 1.